The van der Waals surface area contributed by atoms with Crippen molar-refractivity contribution in [3.8, 4) is 0 Å². The van der Waals surface area contributed by atoms with Crippen molar-refractivity contribution in [2.24, 2.45) is 0 Å². The van der Waals surface area contributed by atoms with E-state index in [0.717, 1.165) is 18.4 Å². The van der Waals surface area contributed by atoms with Crippen molar-refractivity contribution < 1.29 is 14.5 Å². The van der Waals surface area contributed by atoms with Crippen LogP contribution in [0.1, 0.15) is 35.7 Å². The lowest BCUT2D eigenvalue weighted by molar-refractivity contribution is -0.384. The van der Waals surface area contributed by atoms with E-state index in [0.29, 0.717) is 23.5 Å². The summed E-state index contributed by atoms with van der Waals surface area (Å²) >= 11 is 1.40. The number of benzene rings is 2. The molecule has 2 aromatic carbocycles. The number of nitro benzene ring substituents is 1. The van der Waals surface area contributed by atoms with Gasteiger partial charge in [-0.15, -0.1) is 11.8 Å². The highest BCUT2D eigenvalue weighted by atomic mass is 32.2. The number of carbonyl (C=O) groups is 2. The lowest BCUT2D eigenvalue weighted by Gasteiger charge is -2.11. The first-order valence-corrected chi connectivity index (χ1v) is 10.1. The number of hydrogen-bond donors (Lipinski definition) is 2. The van der Waals surface area contributed by atoms with Gasteiger partial charge in [0.2, 0.25) is 5.91 Å². The Morgan fingerprint density at radius 2 is 1.82 bits per heavy atom. The molecule has 0 aliphatic heterocycles. The second-order valence-electron chi connectivity index (χ2n) is 6.12. The summed E-state index contributed by atoms with van der Waals surface area (Å²) in [6.45, 7) is 2.65. The number of rotatable bonds is 10. The van der Waals surface area contributed by atoms with Gasteiger partial charge >= 0.3 is 0 Å². The van der Waals surface area contributed by atoms with Crippen molar-refractivity contribution in [3.63, 3.8) is 0 Å². The maximum Gasteiger partial charge on any atom is 0.269 e. The first kappa shape index (κ1) is 21.4. The first-order chi connectivity index (χ1) is 13.5. The van der Waals surface area contributed by atoms with E-state index in [1.807, 2.05) is 0 Å². The van der Waals surface area contributed by atoms with E-state index in [-0.39, 0.29) is 23.3 Å². The molecule has 2 aromatic rings. The van der Waals surface area contributed by atoms with Gasteiger partial charge in [-0.05, 0) is 24.1 Å². The third-order valence-corrected chi connectivity index (χ3v) is 4.91. The van der Waals surface area contributed by atoms with Crippen molar-refractivity contribution >= 4 is 35.0 Å². The van der Waals surface area contributed by atoms with Crippen LogP contribution in [-0.4, -0.2) is 29.0 Å². The molecule has 148 valence electrons. The number of nitro groups is 1. The number of amides is 2. The molecule has 0 atom stereocenters. The number of para-hydroxylation sites is 1. The molecular formula is C20H23N3O4S. The number of non-ortho nitro benzene ring substituents is 1. The molecule has 28 heavy (non-hydrogen) atoms. The third-order valence-electron chi connectivity index (χ3n) is 3.91. The van der Waals surface area contributed by atoms with Gasteiger partial charge in [0.15, 0.2) is 0 Å². The summed E-state index contributed by atoms with van der Waals surface area (Å²) in [7, 11) is 0. The normalized spacial score (nSPS) is 10.3. The van der Waals surface area contributed by atoms with Crippen LogP contribution >= 0.6 is 11.8 Å². The van der Waals surface area contributed by atoms with Crippen molar-refractivity contribution in [2.45, 2.75) is 25.5 Å². The van der Waals surface area contributed by atoms with Crippen LogP contribution in [0, 0.1) is 10.1 Å². The Kier molecular flexibility index (Phi) is 8.48. The largest absolute Gasteiger partial charge is 0.352 e. The molecule has 0 aromatic heterocycles. The molecule has 0 radical (unpaired) electrons. The van der Waals surface area contributed by atoms with Gasteiger partial charge in [-0.25, -0.2) is 0 Å². The van der Waals surface area contributed by atoms with E-state index >= 15 is 0 Å². The summed E-state index contributed by atoms with van der Waals surface area (Å²) < 4.78 is 0. The van der Waals surface area contributed by atoms with Crippen LogP contribution in [0.15, 0.2) is 48.5 Å². The highest BCUT2D eigenvalue weighted by Crippen LogP contribution is 2.18. The van der Waals surface area contributed by atoms with Crippen LogP contribution < -0.4 is 10.6 Å². The van der Waals surface area contributed by atoms with E-state index < -0.39 is 4.92 Å². The Balaban J connectivity index is 1.85. The number of nitrogens with one attached hydrogen (secondary N) is 2. The molecule has 2 N–H and O–H groups in total. The Bertz CT molecular complexity index is 824. The van der Waals surface area contributed by atoms with E-state index in [9.17, 15) is 19.7 Å². The third kappa shape index (κ3) is 6.70. The second kappa shape index (κ2) is 11.1. The average Bonchev–Trinajstić information content (AvgIpc) is 2.69. The van der Waals surface area contributed by atoms with Crippen LogP contribution in [0.25, 0.3) is 0 Å². The summed E-state index contributed by atoms with van der Waals surface area (Å²) in [5, 5.41) is 16.3. The predicted molar refractivity (Wildman–Crippen MR) is 112 cm³/mol. The number of thioether (sulfide) groups is 1. The van der Waals surface area contributed by atoms with E-state index in [4.69, 9.17) is 0 Å². The van der Waals surface area contributed by atoms with Crippen molar-refractivity contribution in [2.75, 3.05) is 17.6 Å². The summed E-state index contributed by atoms with van der Waals surface area (Å²) in [6, 6.07) is 13.2. The van der Waals surface area contributed by atoms with Gasteiger partial charge in [0, 0.05) is 24.4 Å². The number of nitrogens with zero attached hydrogens (tertiary/aromatic N) is 1. The van der Waals surface area contributed by atoms with E-state index in [1.165, 1.54) is 23.9 Å². The van der Waals surface area contributed by atoms with Gasteiger partial charge in [0.05, 0.1) is 21.9 Å². The molecule has 0 aliphatic carbocycles. The highest BCUT2D eigenvalue weighted by molar-refractivity contribution is 7.99. The lowest BCUT2D eigenvalue weighted by atomic mass is 10.1. The van der Waals surface area contributed by atoms with Crippen molar-refractivity contribution in [1.29, 1.82) is 0 Å². The number of carbonyl (C=O) groups excluding carboxylic acids is 2. The molecule has 0 bridgehead atoms. The molecule has 8 heteroatoms. The molecule has 0 fully saturated rings. The molecular weight excluding hydrogens is 378 g/mol. The smallest absolute Gasteiger partial charge is 0.269 e. The van der Waals surface area contributed by atoms with Gasteiger partial charge in [-0.2, -0.15) is 0 Å². The molecule has 0 unspecified atom stereocenters. The minimum absolute atomic E-state index is 0.0420. The molecule has 2 rings (SSSR count). The van der Waals surface area contributed by atoms with E-state index in [2.05, 4.69) is 17.6 Å². The van der Waals surface area contributed by atoms with Gasteiger partial charge in [-0.1, -0.05) is 37.6 Å². The zero-order valence-electron chi connectivity index (χ0n) is 15.6. The molecule has 7 nitrogen and oxygen atoms in total. The standard InChI is InChI=1S/C20H23N3O4S/c1-2-3-12-21-20(25)17-6-4-5-7-18(17)22-19(24)14-28-13-15-8-10-16(11-9-15)23(26)27/h4-11H,2-3,12-14H2,1H3,(H,21,25)(H,22,24). The zero-order chi connectivity index (χ0) is 20.4. The van der Waals surface area contributed by atoms with Gasteiger partial charge in [0.25, 0.3) is 11.6 Å². The van der Waals surface area contributed by atoms with E-state index in [1.54, 1.807) is 36.4 Å². The van der Waals surface area contributed by atoms with Gasteiger partial charge in [-0.3, -0.25) is 19.7 Å². The van der Waals surface area contributed by atoms with Crippen molar-refractivity contribution in [1.82, 2.24) is 5.32 Å². The topological polar surface area (TPSA) is 101 Å². The molecule has 0 heterocycles. The minimum atomic E-state index is -0.444. The summed E-state index contributed by atoms with van der Waals surface area (Å²) in [5.74, 6) is 0.358. The fourth-order valence-electron chi connectivity index (χ4n) is 2.43. The molecule has 0 saturated heterocycles. The maximum absolute atomic E-state index is 12.3. The first-order valence-electron chi connectivity index (χ1n) is 8.99. The van der Waals surface area contributed by atoms with Crippen LogP contribution in [0.2, 0.25) is 0 Å². The van der Waals surface area contributed by atoms with Crippen LogP contribution in [-0.2, 0) is 10.5 Å². The predicted octanol–water partition coefficient (Wildman–Crippen LogP) is 4.00. The summed E-state index contributed by atoms with van der Waals surface area (Å²) in [6.07, 6.45) is 1.89. The van der Waals surface area contributed by atoms with Gasteiger partial charge < -0.3 is 10.6 Å². The summed E-state index contributed by atoms with van der Waals surface area (Å²) in [5.41, 5.74) is 1.86. The van der Waals surface area contributed by atoms with Gasteiger partial charge in [0.1, 0.15) is 0 Å². The second-order valence-corrected chi connectivity index (χ2v) is 7.11. The molecule has 2 amide bonds. The number of anilines is 1. The fraction of sp³-hybridized carbons (Fsp3) is 0.300. The molecule has 0 spiro atoms. The fourth-order valence-corrected chi connectivity index (χ4v) is 3.21. The Morgan fingerprint density at radius 1 is 1.11 bits per heavy atom. The monoisotopic (exact) mass is 401 g/mol. The SMILES string of the molecule is CCCCNC(=O)c1ccccc1NC(=O)CSCc1ccc([N+](=O)[O-])cc1. The Labute approximate surface area is 168 Å². The Hall–Kier alpha value is -2.87. The number of unbranched alkanes of at least 4 members (excludes halogenated alkanes) is 1. The zero-order valence-corrected chi connectivity index (χ0v) is 16.5. The summed E-state index contributed by atoms with van der Waals surface area (Å²) in [4.78, 5) is 34.7. The Morgan fingerprint density at radius 3 is 2.50 bits per heavy atom. The maximum atomic E-state index is 12.3. The molecule has 0 aliphatic rings. The van der Waals surface area contributed by atoms with Crippen LogP contribution in [0.5, 0.6) is 0 Å². The van der Waals surface area contributed by atoms with Crippen LogP contribution in [0.3, 0.4) is 0 Å². The number of hydrogen-bond acceptors (Lipinski definition) is 5. The average molecular weight is 401 g/mol. The van der Waals surface area contributed by atoms with Crippen molar-refractivity contribution in [3.05, 3.63) is 69.8 Å². The van der Waals surface area contributed by atoms with Crippen LogP contribution in [0.4, 0.5) is 11.4 Å². The lowest BCUT2D eigenvalue weighted by Crippen LogP contribution is -2.26. The minimum Gasteiger partial charge on any atom is -0.352 e. The quantitative estimate of drug-likeness (QED) is 0.356. The molecule has 0 saturated carbocycles. The highest BCUT2D eigenvalue weighted by Gasteiger charge is 2.13.